The van der Waals surface area contributed by atoms with Crippen LogP contribution in [0.25, 0.3) is 10.8 Å². The Kier molecular flexibility index (Phi) is 3.32. The van der Waals surface area contributed by atoms with Crippen LogP contribution in [-0.4, -0.2) is 13.7 Å². The molecular weight excluding hydrogens is 272 g/mol. The summed E-state index contributed by atoms with van der Waals surface area (Å²) >= 11 is 0. The predicted octanol–water partition coefficient (Wildman–Crippen LogP) is 4.51. The van der Waals surface area contributed by atoms with E-state index in [0.717, 1.165) is 24.2 Å². The fourth-order valence-corrected chi connectivity index (χ4v) is 3.35. The van der Waals surface area contributed by atoms with Gasteiger partial charge in [-0.05, 0) is 34.6 Å². The fraction of sp³-hybridized carbons (Fsp3) is 0.200. The second kappa shape index (κ2) is 5.47. The molecule has 1 aliphatic rings. The molecule has 0 bridgehead atoms. The van der Waals surface area contributed by atoms with Gasteiger partial charge in [-0.3, -0.25) is 0 Å². The van der Waals surface area contributed by atoms with E-state index in [1.165, 1.54) is 22.1 Å². The Morgan fingerprint density at radius 2 is 1.64 bits per heavy atom. The van der Waals surface area contributed by atoms with E-state index in [-0.39, 0.29) is 6.10 Å². The third-order valence-electron chi connectivity index (χ3n) is 4.41. The van der Waals surface area contributed by atoms with E-state index in [1.807, 2.05) is 12.1 Å². The minimum atomic E-state index is 0.000700. The summed E-state index contributed by atoms with van der Waals surface area (Å²) in [5.41, 5.74) is 3.88. The summed E-state index contributed by atoms with van der Waals surface area (Å²) in [7, 11) is 1.72. The van der Waals surface area contributed by atoms with Gasteiger partial charge in [-0.1, -0.05) is 54.6 Å². The lowest BCUT2D eigenvalue weighted by Gasteiger charge is -2.27. The predicted molar refractivity (Wildman–Crippen MR) is 88.4 cm³/mol. The molecule has 0 unspecified atom stereocenters. The molecule has 0 saturated carbocycles. The normalized spacial score (nSPS) is 17.2. The second-order valence-corrected chi connectivity index (χ2v) is 5.60. The molecule has 1 atom stereocenters. The van der Waals surface area contributed by atoms with Gasteiger partial charge in [-0.15, -0.1) is 0 Å². The van der Waals surface area contributed by atoms with Crippen LogP contribution in [0, 0.1) is 0 Å². The van der Waals surface area contributed by atoms with Crippen molar-refractivity contribution in [1.82, 2.24) is 0 Å². The summed E-state index contributed by atoms with van der Waals surface area (Å²) in [4.78, 5) is 0. The lowest BCUT2D eigenvalue weighted by molar-refractivity contribution is 0.0707. The molecule has 0 N–H and O–H groups in total. The van der Waals surface area contributed by atoms with Gasteiger partial charge < -0.3 is 9.47 Å². The average molecular weight is 290 g/mol. The van der Waals surface area contributed by atoms with Crippen LogP contribution in [-0.2, 0) is 11.2 Å². The van der Waals surface area contributed by atoms with E-state index in [9.17, 15) is 0 Å². The van der Waals surface area contributed by atoms with E-state index < -0.39 is 0 Å². The lowest BCUT2D eigenvalue weighted by Crippen LogP contribution is -2.17. The molecule has 0 aliphatic carbocycles. The Morgan fingerprint density at radius 1 is 0.864 bits per heavy atom. The highest BCUT2D eigenvalue weighted by molar-refractivity contribution is 5.91. The van der Waals surface area contributed by atoms with Gasteiger partial charge in [-0.25, -0.2) is 0 Å². The zero-order valence-corrected chi connectivity index (χ0v) is 12.6. The first-order valence-electron chi connectivity index (χ1n) is 7.63. The van der Waals surface area contributed by atoms with E-state index in [0.29, 0.717) is 0 Å². The number of rotatable bonds is 2. The molecular formula is C20H18O2. The van der Waals surface area contributed by atoms with Crippen molar-refractivity contribution in [3.8, 4) is 5.75 Å². The highest BCUT2D eigenvalue weighted by Gasteiger charge is 2.24. The van der Waals surface area contributed by atoms with Gasteiger partial charge in [0.1, 0.15) is 11.9 Å². The maximum absolute atomic E-state index is 6.13. The van der Waals surface area contributed by atoms with E-state index >= 15 is 0 Å². The summed E-state index contributed by atoms with van der Waals surface area (Å²) in [5.74, 6) is 0.906. The second-order valence-electron chi connectivity index (χ2n) is 5.60. The van der Waals surface area contributed by atoms with Crippen molar-refractivity contribution in [3.63, 3.8) is 0 Å². The van der Waals surface area contributed by atoms with Crippen LogP contribution in [0.1, 0.15) is 22.8 Å². The van der Waals surface area contributed by atoms with Gasteiger partial charge in [0.05, 0.1) is 13.7 Å². The molecule has 0 aromatic heterocycles. The van der Waals surface area contributed by atoms with Gasteiger partial charge in [-0.2, -0.15) is 0 Å². The summed E-state index contributed by atoms with van der Waals surface area (Å²) in [6.07, 6.45) is 0.988. The number of benzene rings is 3. The first kappa shape index (κ1) is 13.4. The van der Waals surface area contributed by atoms with Crippen molar-refractivity contribution in [1.29, 1.82) is 0 Å². The van der Waals surface area contributed by atoms with Crippen LogP contribution in [0.3, 0.4) is 0 Å². The zero-order valence-electron chi connectivity index (χ0n) is 12.6. The molecule has 1 heterocycles. The topological polar surface area (TPSA) is 18.5 Å². The molecule has 3 aromatic carbocycles. The molecule has 0 fully saturated rings. The minimum Gasteiger partial charge on any atom is -0.496 e. The Morgan fingerprint density at radius 3 is 2.50 bits per heavy atom. The SMILES string of the molecule is COc1ccc([C@H]2OCCc3ccccc32)c2ccccc12. The number of methoxy groups -OCH3 is 1. The van der Waals surface area contributed by atoms with Crippen molar-refractivity contribution in [2.45, 2.75) is 12.5 Å². The summed E-state index contributed by atoms with van der Waals surface area (Å²) in [6, 6.07) is 21.1. The molecule has 4 rings (SSSR count). The van der Waals surface area contributed by atoms with E-state index in [1.54, 1.807) is 7.11 Å². The molecule has 0 saturated heterocycles. The van der Waals surface area contributed by atoms with Gasteiger partial charge >= 0.3 is 0 Å². The molecule has 2 heteroatoms. The van der Waals surface area contributed by atoms with Crippen LogP contribution < -0.4 is 4.74 Å². The van der Waals surface area contributed by atoms with Crippen molar-refractivity contribution < 1.29 is 9.47 Å². The smallest absolute Gasteiger partial charge is 0.126 e. The van der Waals surface area contributed by atoms with Gasteiger partial charge in [0.15, 0.2) is 0 Å². The monoisotopic (exact) mass is 290 g/mol. The molecule has 110 valence electrons. The number of hydrogen-bond donors (Lipinski definition) is 0. The first-order chi connectivity index (χ1) is 10.9. The quantitative estimate of drug-likeness (QED) is 0.691. The molecule has 2 nitrogen and oxygen atoms in total. The van der Waals surface area contributed by atoms with E-state index in [2.05, 4.69) is 48.5 Å². The van der Waals surface area contributed by atoms with Crippen LogP contribution in [0.15, 0.2) is 60.7 Å². The average Bonchev–Trinajstić information content (AvgIpc) is 2.60. The molecule has 22 heavy (non-hydrogen) atoms. The van der Waals surface area contributed by atoms with Crippen molar-refractivity contribution in [2.24, 2.45) is 0 Å². The van der Waals surface area contributed by atoms with Crippen molar-refractivity contribution in [3.05, 3.63) is 77.4 Å². The largest absolute Gasteiger partial charge is 0.496 e. The van der Waals surface area contributed by atoms with Gasteiger partial charge in [0.2, 0.25) is 0 Å². The van der Waals surface area contributed by atoms with E-state index in [4.69, 9.17) is 9.47 Å². The molecule has 0 spiro atoms. The van der Waals surface area contributed by atoms with Crippen molar-refractivity contribution in [2.75, 3.05) is 13.7 Å². The third kappa shape index (κ3) is 2.08. The Labute approximate surface area is 130 Å². The van der Waals surface area contributed by atoms with Crippen molar-refractivity contribution >= 4 is 10.8 Å². The molecule has 0 amide bonds. The summed E-state index contributed by atoms with van der Waals surface area (Å²) < 4.78 is 11.6. The van der Waals surface area contributed by atoms with Gasteiger partial charge in [0, 0.05) is 5.39 Å². The molecule has 0 radical (unpaired) electrons. The fourth-order valence-electron chi connectivity index (χ4n) is 3.35. The maximum atomic E-state index is 6.13. The Balaban J connectivity index is 1.93. The highest BCUT2D eigenvalue weighted by Crippen LogP contribution is 2.38. The Hall–Kier alpha value is -2.32. The molecule has 3 aromatic rings. The number of ether oxygens (including phenoxy) is 2. The van der Waals surface area contributed by atoms with Gasteiger partial charge in [0.25, 0.3) is 0 Å². The summed E-state index contributed by atoms with van der Waals surface area (Å²) in [6.45, 7) is 0.766. The Bertz CT molecular complexity index is 823. The molecule has 1 aliphatic heterocycles. The third-order valence-corrected chi connectivity index (χ3v) is 4.41. The number of fused-ring (bicyclic) bond motifs is 2. The van der Waals surface area contributed by atoms with Crippen LogP contribution in [0.5, 0.6) is 5.75 Å². The maximum Gasteiger partial charge on any atom is 0.126 e. The minimum absolute atomic E-state index is 0.000700. The number of hydrogen-bond acceptors (Lipinski definition) is 2. The zero-order chi connectivity index (χ0) is 14.9. The van der Waals surface area contributed by atoms with Crippen LogP contribution >= 0.6 is 0 Å². The van der Waals surface area contributed by atoms with Crippen LogP contribution in [0.4, 0.5) is 0 Å². The highest BCUT2D eigenvalue weighted by atomic mass is 16.5. The lowest BCUT2D eigenvalue weighted by atomic mass is 9.90. The first-order valence-corrected chi connectivity index (χ1v) is 7.63. The summed E-state index contributed by atoms with van der Waals surface area (Å²) in [5, 5.41) is 2.33. The van der Waals surface area contributed by atoms with Crippen LogP contribution in [0.2, 0.25) is 0 Å². The standard InChI is InChI=1S/C20H18O2/c1-21-19-11-10-18(16-8-4-5-9-17(16)19)20-15-7-3-2-6-14(15)12-13-22-20/h2-11,20H,12-13H2,1H3/t20-/m0/s1.